The highest BCUT2D eigenvalue weighted by Gasteiger charge is 2.04. The molecule has 1 aromatic carbocycles. The first-order valence-corrected chi connectivity index (χ1v) is 5.81. The number of nitrogens with one attached hydrogen (secondary N) is 1. The minimum Gasteiger partial charge on any atom is -0.366 e. The second kappa shape index (κ2) is 4.92. The Bertz CT molecular complexity index is 463. The molecule has 3 heteroatoms. The summed E-state index contributed by atoms with van der Waals surface area (Å²) in [6.45, 7) is 4.35. The third-order valence-corrected chi connectivity index (χ3v) is 2.79. The van der Waals surface area contributed by atoms with Gasteiger partial charge in [0.25, 0.3) is 0 Å². The Balaban J connectivity index is 2.25. The Morgan fingerprint density at radius 1 is 1.12 bits per heavy atom. The number of para-hydroxylation sites is 2. The molecule has 0 radical (unpaired) electrons. The zero-order valence-electron chi connectivity index (χ0n) is 9.77. The van der Waals surface area contributed by atoms with Crippen molar-refractivity contribution in [3.63, 3.8) is 0 Å². The lowest BCUT2D eigenvalue weighted by atomic mass is 10.2. The Hall–Kier alpha value is -1.64. The van der Waals surface area contributed by atoms with Crippen LogP contribution in [0.4, 0.5) is 5.82 Å². The Morgan fingerprint density at radius 2 is 1.81 bits per heavy atom. The van der Waals surface area contributed by atoms with E-state index in [0.29, 0.717) is 6.04 Å². The van der Waals surface area contributed by atoms with E-state index < -0.39 is 0 Å². The lowest BCUT2D eigenvalue weighted by Crippen LogP contribution is -2.17. The van der Waals surface area contributed by atoms with Gasteiger partial charge in [-0.1, -0.05) is 26.0 Å². The molecule has 0 atom stereocenters. The van der Waals surface area contributed by atoms with Gasteiger partial charge in [0, 0.05) is 6.04 Å². The SMILES string of the molecule is CCC(CC)Nc1cnc2ccccc2n1. The fourth-order valence-corrected chi connectivity index (χ4v) is 1.73. The average Bonchev–Trinajstić information content (AvgIpc) is 2.35. The second-order valence-electron chi connectivity index (χ2n) is 3.90. The topological polar surface area (TPSA) is 37.8 Å². The van der Waals surface area contributed by atoms with Crippen molar-refractivity contribution in [2.45, 2.75) is 32.7 Å². The van der Waals surface area contributed by atoms with E-state index in [1.54, 1.807) is 6.20 Å². The van der Waals surface area contributed by atoms with E-state index >= 15 is 0 Å². The zero-order chi connectivity index (χ0) is 11.4. The molecule has 0 unspecified atom stereocenters. The molecule has 3 nitrogen and oxygen atoms in total. The van der Waals surface area contributed by atoms with Crippen LogP contribution in [0, 0.1) is 0 Å². The van der Waals surface area contributed by atoms with Gasteiger partial charge < -0.3 is 5.32 Å². The highest BCUT2D eigenvalue weighted by atomic mass is 15.0. The normalized spacial score (nSPS) is 10.9. The van der Waals surface area contributed by atoms with Gasteiger partial charge in [0.1, 0.15) is 5.82 Å². The minimum absolute atomic E-state index is 0.482. The maximum absolute atomic E-state index is 4.54. The Kier molecular flexibility index (Phi) is 3.34. The van der Waals surface area contributed by atoms with Gasteiger partial charge in [0.2, 0.25) is 0 Å². The molecule has 84 valence electrons. The van der Waals surface area contributed by atoms with Crippen LogP contribution in [0.3, 0.4) is 0 Å². The smallest absolute Gasteiger partial charge is 0.145 e. The fraction of sp³-hybridized carbons (Fsp3) is 0.385. The van der Waals surface area contributed by atoms with E-state index in [2.05, 4.69) is 29.1 Å². The van der Waals surface area contributed by atoms with Crippen LogP contribution in [0.15, 0.2) is 30.5 Å². The van der Waals surface area contributed by atoms with Crippen molar-refractivity contribution in [2.75, 3.05) is 5.32 Å². The molecule has 1 aromatic heterocycles. The van der Waals surface area contributed by atoms with Crippen molar-refractivity contribution in [1.82, 2.24) is 9.97 Å². The van der Waals surface area contributed by atoms with Crippen molar-refractivity contribution in [2.24, 2.45) is 0 Å². The van der Waals surface area contributed by atoms with Crippen LogP contribution < -0.4 is 5.32 Å². The predicted molar refractivity (Wildman–Crippen MR) is 67.5 cm³/mol. The number of hydrogen-bond acceptors (Lipinski definition) is 3. The molecule has 0 spiro atoms. The molecule has 0 bridgehead atoms. The van der Waals surface area contributed by atoms with Crippen LogP contribution in [0.2, 0.25) is 0 Å². The highest BCUT2D eigenvalue weighted by Crippen LogP contribution is 2.13. The van der Waals surface area contributed by atoms with Crippen molar-refractivity contribution in [3.8, 4) is 0 Å². The van der Waals surface area contributed by atoms with Crippen molar-refractivity contribution in [3.05, 3.63) is 30.5 Å². The standard InChI is InChI=1S/C13H17N3/c1-3-10(4-2)15-13-9-14-11-7-5-6-8-12(11)16-13/h5-10H,3-4H2,1-2H3,(H,15,16). The molecule has 0 fully saturated rings. The van der Waals surface area contributed by atoms with E-state index in [1.165, 1.54) is 0 Å². The second-order valence-corrected chi connectivity index (χ2v) is 3.90. The minimum atomic E-state index is 0.482. The average molecular weight is 215 g/mol. The van der Waals surface area contributed by atoms with Crippen LogP contribution in [0.5, 0.6) is 0 Å². The number of nitrogens with zero attached hydrogens (tertiary/aromatic N) is 2. The van der Waals surface area contributed by atoms with E-state index in [0.717, 1.165) is 29.7 Å². The molecule has 0 aliphatic rings. The van der Waals surface area contributed by atoms with E-state index in [-0.39, 0.29) is 0 Å². The first kappa shape index (κ1) is 10.9. The molecule has 0 amide bonds. The third-order valence-electron chi connectivity index (χ3n) is 2.79. The Labute approximate surface area is 95.9 Å². The van der Waals surface area contributed by atoms with Gasteiger partial charge in [0.15, 0.2) is 0 Å². The number of aromatic nitrogens is 2. The summed E-state index contributed by atoms with van der Waals surface area (Å²) >= 11 is 0. The van der Waals surface area contributed by atoms with Crippen LogP contribution in [-0.4, -0.2) is 16.0 Å². The molecule has 16 heavy (non-hydrogen) atoms. The van der Waals surface area contributed by atoms with Crippen molar-refractivity contribution >= 4 is 16.9 Å². The maximum Gasteiger partial charge on any atom is 0.145 e. The molecule has 2 aromatic rings. The van der Waals surface area contributed by atoms with Gasteiger partial charge in [-0.2, -0.15) is 0 Å². The first-order chi connectivity index (χ1) is 7.83. The number of anilines is 1. The monoisotopic (exact) mass is 215 g/mol. The van der Waals surface area contributed by atoms with Gasteiger partial charge in [-0.05, 0) is 25.0 Å². The molecule has 0 aliphatic carbocycles. The molecule has 0 saturated heterocycles. The van der Waals surface area contributed by atoms with Gasteiger partial charge >= 0.3 is 0 Å². The summed E-state index contributed by atoms with van der Waals surface area (Å²) in [4.78, 5) is 8.92. The molecule has 1 N–H and O–H groups in total. The molecular weight excluding hydrogens is 198 g/mol. The third kappa shape index (κ3) is 2.30. The largest absolute Gasteiger partial charge is 0.366 e. The Morgan fingerprint density at radius 3 is 2.50 bits per heavy atom. The van der Waals surface area contributed by atoms with Gasteiger partial charge in [-0.3, -0.25) is 4.98 Å². The van der Waals surface area contributed by atoms with Crippen molar-refractivity contribution in [1.29, 1.82) is 0 Å². The van der Waals surface area contributed by atoms with Crippen LogP contribution in [0.25, 0.3) is 11.0 Å². The predicted octanol–water partition coefficient (Wildman–Crippen LogP) is 3.23. The van der Waals surface area contributed by atoms with Crippen LogP contribution in [-0.2, 0) is 0 Å². The lowest BCUT2D eigenvalue weighted by Gasteiger charge is -2.15. The van der Waals surface area contributed by atoms with Gasteiger partial charge in [-0.25, -0.2) is 4.98 Å². The maximum atomic E-state index is 4.54. The fourth-order valence-electron chi connectivity index (χ4n) is 1.73. The highest BCUT2D eigenvalue weighted by molar-refractivity contribution is 5.75. The molecule has 1 heterocycles. The van der Waals surface area contributed by atoms with Gasteiger partial charge in [0.05, 0.1) is 17.2 Å². The molecule has 0 aliphatic heterocycles. The van der Waals surface area contributed by atoms with E-state index in [9.17, 15) is 0 Å². The number of fused-ring (bicyclic) bond motifs is 1. The van der Waals surface area contributed by atoms with Crippen molar-refractivity contribution < 1.29 is 0 Å². The summed E-state index contributed by atoms with van der Waals surface area (Å²) in [5.74, 6) is 0.868. The number of rotatable bonds is 4. The molecule has 2 rings (SSSR count). The quantitative estimate of drug-likeness (QED) is 0.850. The van der Waals surface area contributed by atoms with E-state index in [1.807, 2.05) is 24.3 Å². The number of benzene rings is 1. The first-order valence-electron chi connectivity index (χ1n) is 5.81. The van der Waals surface area contributed by atoms with E-state index in [4.69, 9.17) is 0 Å². The zero-order valence-corrected chi connectivity index (χ0v) is 9.77. The summed E-state index contributed by atoms with van der Waals surface area (Å²) in [5.41, 5.74) is 1.89. The lowest BCUT2D eigenvalue weighted by molar-refractivity contribution is 0.668. The van der Waals surface area contributed by atoms with Crippen LogP contribution in [0.1, 0.15) is 26.7 Å². The summed E-state index contributed by atoms with van der Waals surface area (Å²) in [6, 6.07) is 8.41. The summed E-state index contributed by atoms with van der Waals surface area (Å²) < 4.78 is 0. The van der Waals surface area contributed by atoms with Crippen LogP contribution >= 0.6 is 0 Å². The summed E-state index contributed by atoms with van der Waals surface area (Å²) in [6.07, 6.45) is 4.01. The molecule has 0 saturated carbocycles. The van der Waals surface area contributed by atoms with Gasteiger partial charge in [-0.15, -0.1) is 0 Å². The molecular formula is C13H17N3. The number of hydrogen-bond donors (Lipinski definition) is 1. The summed E-state index contributed by atoms with van der Waals surface area (Å²) in [7, 11) is 0. The summed E-state index contributed by atoms with van der Waals surface area (Å²) in [5, 5.41) is 3.40.